The Labute approximate surface area is 263 Å². The summed E-state index contributed by atoms with van der Waals surface area (Å²) in [7, 11) is 0. The van der Waals surface area contributed by atoms with Crippen molar-refractivity contribution in [2.45, 2.75) is 46.2 Å². The Morgan fingerprint density at radius 1 is 1.00 bits per heavy atom. The zero-order chi connectivity index (χ0) is 30.4. The Kier molecular flexibility index (Phi) is 7.92. The Morgan fingerprint density at radius 2 is 1.72 bits per heavy atom. The molecule has 43 heavy (non-hydrogen) atoms. The number of halogens is 1. The number of piperidine rings is 1. The number of benzene rings is 2. The van der Waals surface area contributed by atoms with Gasteiger partial charge in [0.1, 0.15) is 0 Å². The van der Waals surface area contributed by atoms with Crippen LogP contribution in [0.1, 0.15) is 65.4 Å². The van der Waals surface area contributed by atoms with E-state index in [0.29, 0.717) is 27.7 Å². The topological polar surface area (TPSA) is 73.6 Å². The molecule has 9 heteroatoms. The third kappa shape index (κ3) is 5.38. The molecule has 2 saturated heterocycles. The van der Waals surface area contributed by atoms with Crippen molar-refractivity contribution in [1.29, 1.82) is 0 Å². The number of para-hydroxylation sites is 1. The molecule has 0 spiro atoms. The van der Waals surface area contributed by atoms with Crippen LogP contribution >= 0.6 is 23.8 Å². The second kappa shape index (κ2) is 11.7. The molecule has 2 aromatic carbocycles. The number of hydrogen-bond acceptors (Lipinski definition) is 4. The van der Waals surface area contributed by atoms with Crippen LogP contribution in [0.4, 0.5) is 11.4 Å². The van der Waals surface area contributed by atoms with Gasteiger partial charge in [0.25, 0.3) is 0 Å². The third-order valence-corrected chi connectivity index (χ3v) is 9.30. The minimum atomic E-state index is -0.964. The molecule has 2 aliphatic rings. The van der Waals surface area contributed by atoms with Gasteiger partial charge in [-0.3, -0.25) is 4.98 Å². The summed E-state index contributed by atoms with van der Waals surface area (Å²) in [6.45, 7) is 10.6. The molecule has 0 amide bonds. The van der Waals surface area contributed by atoms with E-state index >= 15 is 0 Å². The number of nitrogens with zero attached hydrogens (tertiary/aromatic N) is 4. The van der Waals surface area contributed by atoms with Crippen LogP contribution in [-0.4, -0.2) is 38.8 Å². The number of carboxylic acid groups (broad SMARTS) is 1. The van der Waals surface area contributed by atoms with E-state index in [4.69, 9.17) is 28.8 Å². The summed E-state index contributed by atoms with van der Waals surface area (Å²) in [5.74, 6) is 0.258. The number of pyridine rings is 1. The van der Waals surface area contributed by atoms with Gasteiger partial charge >= 0.3 is 5.97 Å². The number of carbonyl (C=O) groups is 1. The van der Waals surface area contributed by atoms with Gasteiger partial charge in [-0.25, -0.2) is 4.79 Å². The van der Waals surface area contributed by atoms with Crippen molar-refractivity contribution in [1.82, 2.24) is 14.9 Å². The van der Waals surface area contributed by atoms with Gasteiger partial charge in [0.15, 0.2) is 5.11 Å². The number of nitrogens with one attached hydrogen (secondary N) is 1. The van der Waals surface area contributed by atoms with Crippen molar-refractivity contribution in [3.63, 3.8) is 0 Å². The number of anilines is 2. The van der Waals surface area contributed by atoms with Crippen molar-refractivity contribution in [3.05, 3.63) is 106 Å². The first kappa shape index (κ1) is 29.2. The Balaban J connectivity index is 1.46. The molecule has 0 radical (unpaired) electrons. The third-order valence-electron chi connectivity index (χ3n) is 8.68. The van der Waals surface area contributed by atoms with Gasteiger partial charge in [0.05, 0.1) is 39.7 Å². The Morgan fingerprint density at radius 3 is 2.40 bits per heavy atom. The van der Waals surface area contributed by atoms with Crippen LogP contribution in [0.2, 0.25) is 5.02 Å². The predicted octanol–water partition coefficient (Wildman–Crippen LogP) is 7.50. The molecule has 2 aromatic heterocycles. The number of aryl methyl sites for hydroxylation is 1. The van der Waals surface area contributed by atoms with Crippen molar-refractivity contribution < 1.29 is 9.90 Å². The molecular weight excluding hydrogens is 578 g/mol. The van der Waals surface area contributed by atoms with Gasteiger partial charge in [-0.05, 0) is 98.4 Å². The largest absolute Gasteiger partial charge is 0.478 e. The highest BCUT2D eigenvalue weighted by Crippen LogP contribution is 2.45. The summed E-state index contributed by atoms with van der Waals surface area (Å²) >= 11 is 13.0. The summed E-state index contributed by atoms with van der Waals surface area (Å²) in [6, 6.07) is 20.9. The molecule has 222 valence electrons. The lowest BCUT2D eigenvalue weighted by molar-refractivity contribution is 0.0697. The van der Waals surface area contributed by atoms with E-state index < -0.39 is 5.97 Å². The molecule has 0 aliphatic carbocycles. The molecule has 7 nitrogen and oxygen atoms in total. The van der Waals surface area contributed by atoms with Crippen LogP contribution in [-0.2, 0) is 0 Å². The zero-order valence-corrected chi connectivity index (χ0v) is 26.4. The van der Waals surface area contributed by atoms with E-state index in [0.717, 1.165) is 47.1 Å². The quantitative estimate of drug-likeness (QED) is 0.218. The lowest BCUT2D eigenvalue weighted by Gasteiger charge is -2.37. The van der Waals surface area contributed by atoms with E-state index in [1.807, 2.05) is 54.8 Å². The second-order valence-corrected chi connectivity index (χ2v) is 12.8. The van der Waals surface area contributed by atoms with Crippen LogP contribution in [0.3, 0.4) is 0 Å². The second-order valence-electron chi connectivity index (χ2n) is 12.0. The van der Waals surface area contributed by atoms with Gasteiger partial charge in [0.2, 0.25) is 0 Å². The van der Waals surface area contributed by atoms with Crippen LogP contribution in [0.15, 0.2) is 72.9 Å². The van der Waals surface area contributed by atoms with Crippen LogP contribution in [0, 0.1) is 25.7 Å². The van der Waals surface area contributed by atoms with Gasteiger partial charge in [-0.2, -0.15) is 0 Å². The van der Waals surface area contributed by atoms with E-state index in [-0.39, 0.29) is 17.6 Å². The van der Waals surface area contributed by atoms with Crippen molar-refractivity contribution in [3.8, 4) is 5.69 Å². The minimum Gasteiger partial charge on any atom is -0.478 e. The molecule has 2 N–H and O–H groups in total. The number of rotatable bonds is 6. The average Bonchev–Trinajstić information content (AvgIpc) is 3.47. The highest BCUT2D eigenvalue weighted by atomic mass is 35.5. The predicted molar refractivity (Wildman–Crippen MR) is 177 cm³/mol. The minimum absolute atomic E-state index is 0.236. The highest BCUT2D eigenvalue weighted by Gasteiger charge is 2.42. The first-order valence-electron chi connectivity index (χ1n) is 14.7. The standard InChI is InChI=1S/C34H36ClN5O2S/c1-20-15-21(2)19-38(18-20)30-13-12-24(17-27(30)35)40-32(31(37-34(40)43)28-10-7-8-14-36-28)26-16-22(3)39(23(26)4)29-11-6-5-9-25(29)33(41)42/h5-14,16-17,20-21,31-32H,15,18-19H2,1-4H3,(H,37,43)(H,41,42)/t20-,21-,31-,32+/m0/s1. The zero-order valence-electron chi connectivity index (χ0n) is 24.8. The summed E-state index contributed by atoms with van der Waals surface area (Å²) in [5, 5.41) is 14.8. The lowest BCUT2D eigenvalue weighted by atomic mass is 9.91. The molecule has 0 bridgehead atoms. The Bertz CT molecular complexity index is 1680. The fourth-order valence-electron chi connectivity index (χ4n) is 7.02. The molecule has 2 aliphatic heterocycles. The molecule has 0 saturated carbocycles. The fraction of sp³-hybridized carbons (Fsp3) is 0.324. The monoisotopic (exact) mass is 613 g/mol. The number of aromatic carboxylic acids is 1. The summed E-state index contributed by atoms with van der Waals surface area (Å²) in [6.07, 6.45) is 3.02. The first-order valence-corrected chi connectivity index (χ1v) is 15.5. The van der Waals surface area contributed by atoms with Gasteiger partial charge < -0.3 is 24.8 Å². The maximum absolute atomic E-state index is 12.1. The molecular formula is C34H36ClN5O2S. The van der Waals surface area contributed by atoms with E-state index in [2.05, 4.69) is 47.2 Å². The average molecular weight is 614 g/mol. The van der Waals surface area contributed by atoms with Gasteiger partial charge in [-0.15, -0.1) is 0 Å². The van der Waals surface area contributed by atoms with E-state index in [1.54, 1.807) is 18.3 Å². The van der Waals surface area contributed by atoms with Gasteiger partial charge in [-0.1, -0.05) is 43.6 Å². The van der Waals surface area contributed by atoms with Crippen LogP contribution in [0.5, 0.6) is 0 Å². The molecule has 4 atom stereocenters. The summed E-state index contributed by atoms with van der Waals surface area (Å²) in [5.41, 5.74) is 6.58. The summed E-state index contributed by atoms with van der Waals surface area (Å²) in [4.78, 5) is 21.4. The smallest absolute Gasteiger partial charge is 0.337 e. The SMILES string of the molecule is Cc1cc([C@@H]2[C@H](c3ccccn3)NC(=S)N2c2ccc(N3C[C@@H](C)C[C@H](C)C3)c(Cl)c2)c(C)n1-c1ccccc1C(=O)O. The molecule has 4 heterocycles. The molecule has 6 rings (SSSR count). The van der Waals surface area contributed by atoms with Crippen LogP contribution < -0.4 is 15.1 Å². The van der Waals surface area contributed by atoms with Crippen molar-refractivity contribution in [2.75, 3.05) is 22.9 Å². The first-order chi connectivity index (χ1) is 20.6. The normalized spacial score (nSPS) is 22.1. The number of aromatic nitrogens is 2. The van der Waals surface area contributed by atoms with Gasteiger partial charge in [0, 0.05) is 36.4 Å². The van der Waals surface area contributed by atoms with E-state index in [1.165, 1.54) is 6.42 Å². The lowest BCUT2D eigenvalue weighted by Crippen LogP contribution is -2.38. The van der Waals surface area contributed by atoms with E-state index in [9.17, 15) is 9.90 Å². The number of thiocarbonyl (C=S) groups is 1. The fourth-order valence-corrected chi connectivity index (χ4v) is 7.66. The maximum Gasteiger partial charge on any atom is 0.337 e. The highest BCUT2D eigenvalue weighted by molar-refractivity contribution is 7.80. The molecule has 4 aromatic rings. The number of hydrogen-bond donors (Lipinski definition) is 2. The molecule has 2 fully saturated rings. The maximum atomic E-state index is 12.1. The van der Waals surface area contributed by atoms with Crippen LogP contribution in [0.25, 0.3) is 5.69 Å². The molecule has 0 unspecified atom stereocenters. The number of carboxylic acids is 1. The Hall–Kier alpha value is -3.88. The summed E-state index contributed by atoms with van der Waals surface area (Å²) < 4.78 is 2.02. The van der Waals surface area contributed by atoms with Crippen molar-refractivity contribution >= 4 is 46.3 Å². The van der Waals surface area contributed by atoms with Crippen molar-refractivity contribution in [2.24, 2.45) is 11.8 Å².